The van der Waals surface area contributed by atoms with Gasteiger partial charge in [-0.3, -0.25) is 0 Å². The SMILES string of the molecule is CC(C)C1(C(C)C)c2ccccc2Oc2ccccc21. The Kier molecular flexibility index (Phi) is 3.08. The van der Waals surface area contributed by atoms with Gasteiger partial charge in [-0.2, -0.15) is 0 Å². The number of rotatable bonds is 2. The summed E-state index contributed by atoms with van der Waals surface area (Å²) in [7, 11) is 0. The predicted molar refractivity (Wildman–Crippen MR) is 83.4 cm³/mol. The molecule has 0 bridgehead atoms. The summed E-state index contributed by atoms with van der Waals surface area (Å²) in [6, 6.07) is 17.0. The number of hydrogen-bond donors (Lipinski definition) is 0. The molecule has 104 valence electrons. The number of ether oxygens (including phenoxy) is 1. The van der Waals surface area contributed by atoms with Gasteiger partial charge in [0.1, 0.15) is 11.5 Å². The molecular weight excluding hydrogens is 244 g/mol. The molecule has 1 aliphatic rings. The van der Waals surface area contributed by atoms with E-state index in [0.29, 0.717) is 11.8 Å². The van der Waals surface area contributed by atoms with Crippen LogP contribution in [0.1, 0.15) is 38.8 Å². The Hall–Kier alpha value is -1.76. The molecule has 0 aromatic heterocycles. The fourth-order valence-corrected chi connectivity index (χ4v) is 3.97. The summed E-state index contributed by atoms with van der Waals surface area (Å²) in [6.07, 6.45) is 0. The van der Waals surface area contributed by atoms with E-state index in [1.54, 1.807) is 0 Å². The van der Waals surface area contributed by atoms with Crippen molar-refractivity contribution in [2.45, 2.75) is 33.1 Å². The van der Waals surface area contributed by atoms with Crippen molar-refractivity contribution >= 4 is 0 Å². The van der Waals surface area contributed by atoms with Gasteiger partial charge in [0.15, 0.2) is 0 Å². The zero-order chi connectivity index (χ0) is 14.3. The summed E-state index contributed by atoms with van der Waals surface area (Å²) in [5.74, 6) is 3.03. The molecule has 1 heteroatoms. The lowest BCUT2D eigenvalue weighted by Gasteiger charge is -2.46. The molecule has 0 aliphatic carbocycles. The van der Waals surface area contributed by atoms with Crippen molar-refractivity contribution in [3.8, 4) is 11.5 Å². The fourth-order valence-electron chi connectivity index (χ4n) is 3.97. The van der Waals surface area contributed by atoms with Crippen LogP contribution in [0.2, 0.25) is 0 Å². The van der Waals surface area contributed by atoms with Crippen molar-refractivity contribution in [1.82, 2.24) is 0 Å². The maximum atomic E-state index is 6.13. The molecule has 0 atom stereocenters. The molecule has 3 rings (SSSR count). The third kappa shape index (κ3) is 1.62. The molecule has 0 spiro atoms. The summed E-state index contributed by atoms with van der Waals surface area (Å²) >= 11 is 0. The van der Waals surface area contributed by atoms with Gasteiger partial charge in [0, 0.05) is 16.5 Å². The maximum absolute atomic E-state index is 6.13. The molecule has 0 unspecified atom stereocenters. The largest absolute Gasteiger partial charge is 0.457 e. The predicted octanol–water partition coefficient (Wildman–Crippen LogP) is 5.39. The Morgan fingerprint density at radius 3 is 1.50 bits per heavy atom. The normalized spacial score (nSPS) is 15.7. The molecule has 0 amide bonds. The highest BCUT2D eigenvalue weighted by molar-refractivity contribution is 5.58. The Balaban J connectivity index is 2.37. The first-order valence-corrected chi connectivity index (χ1v) is 7.45. The summed E-state index contributed by atoms with van der Waals surface area (Å²) in [4.78, 5) is 0. The maximum Gasteiger partial charge on any atom is 0.131 e. The molecule has 2 aromatic rings. The van der Waals surface area contributed by atoms with Gasteiger partial charge in [0.2, 0.25) is 0 Å². The van der Waals surface area contributed by atoms with E-state index in [1.807, 2.05) is 0 Å². The van der Waals surface area contributed by atoms with E-state index in [4.69, 9.17) is 4.74 Å². The Labute approximate surface area is 121 Å². The van der Waals surface area contributed by atoms with Crippen molar-refractivity contribution in [2.24, 2.45) is 11.8 Å². The zero-order valence-electron chi connectivity index (χ0n) is 12.7. The minimum atomic E-state index is 0.0193. The zero-order valence-corrected chi connectivity index (χ0v) is 12.7. The van der Waals surface area contributed by atoms with E-state index >= 15 is 0 Å². The van der Waals surface area contributed by atoms with Crippen LogP contribution >= 0.6 is 0 Å². The van der Waals surface area contributed by atoms with E-state index in [-0.39, 0.29) is 5.41 Å². The molecule has 20 heavy (non-hydrogen) atoms. The Bertz CT molecular complexity index is 570. The number of hydrogen-bond acceptors (Lipinski definition) is 1. The van der Waals surface area contributed by atoms with Gasteiger partial charge in [-0.05, 0) is 24.0 Å². The summed E-state index contributed by atoms with van der Waals surface area (Å²) < 4.78 is 6.13. The number of para-hydroxylation sites is 2. The quantitative estimate of drug-likeness (QED) is 0.708. The van der Waals surface area contributed by atoms with Crippen LogP contribution < -0.4 is 4.74 Å². The molecule has 0 fully saturated rings. The first-order valence-electron chi connectivity index (χ1n) is 7.45. The van der Waals surface area contributed by atoms with E-state index in [2.05, 4.69) is 76.2 Å². The van der Waals surface area contributed by atoms with Crippen molar-refractivity contribution in [3.05, 3.63) is 59.7 Å². The second kappa shape index (κ2) is 4.66. The molecule has 1 heterocycles. The lowest BCUT2D eigenvalue weighted by Crippen LogP contribution is -2.41. The van der Waals surface area contributed by atoms with Crippen molar-refractivity contribution in [3.63, 3.8) is 0 Å². The third-order valence-electron chi connectivity index (χ3n) is 4.71. The minimum absolute atomic E-state index is 0.0193. The molecule has 2 aromatic carbocycles. The van der Waals surface area contributed by atoms with Gasteiger partial charge < -0.3 is 4.74 Å². The minimum Gasteiger partial charge on any atom is -0.457 e. The first-order chi connectivity index (χ1) is 9.58. The van der Waals surface area contributed by atoms with E-state index < -0.39 is 0 Å². The Morgan fingerprint density at radius 2 is 1.10 bits per heavy atom. The molecule has 0 saturated heterocycles. The van der Waals surface area contributed by atoms with Crippen LogP contribution in [0.15, 0.2) is 48.5 Å². The van der Waals surface area contributed by atoms with Crippen LogP contribution in [0.4, 0.5) is 0 Å². The van der Waals surface area contributed by atoms with Gasteiger partial charge in [-0.25, -0.2) is 0 Å². The molecule has 0 saturated carbocycles. The van der Waals surface area contributed by atoms with Crippen LogP contribution in [0.3, 0.4) is 0 Å². The molecule has 1 aliphatic heterocycles. The third-order valence-corrected chi connectivity index (χ3v) is 4.71. The molecular formula is C19H22O. The fraction of sp³-hybridized carbons (Fsp3) is 0.368. The lowest BCUT2D eigenvalue weighted by atomic mass is 9.59. The van der Waals surface area contributed by atoms with Crippen LogP contribution in [0.5, 0.6) is 11.5 Å². The molecule has 1 nitrogen and oxygen atoms in total. The number of fused-ring (bicyclic) bond motifs is 2. The monoisotopic (exact) mass is 266 g/mol. The van der Waals surface area contributed by atoms with Crippen LogP contribution in [-0.4, -0.2) is 0 Å². The van der Waals surface area contributed by atoms with Crippen molar-refractivity contribution in [2.75, 3.05) is 0 Å². The summed E-state index contributed by atoms with van der Waals surface area (Å²) in [5.41, 5.74) is 2.67. The van der Waals surface area contributed by atoms with Gasteiger partial charge in [-0.15, -0.1) is 0 Å². The van der Waals surface area contributed by atoms with Crippen molar-refractivity contribution < 1.29 is 4.74 Å². The topological polar surface area (TPSA) is 9.23 Å². The highest BCUT2D eigenvalue weighted by Crippen LogP contribution is 2.55. The summed E-state index contributed by atoms with van der Waals surface area (Å²) in [5, 5.41) is 0. The van der Waals surface area contributed by atoms with E-state index in [9.17, 15) is 0 Å². The Morgan fingerprint density at radius 1 is 0.700 bits per heavy atom. The van der Waals surface area contributed by atoms with Gasteiger partial charge in [0.05, 0.1) is 0 Å². The van der Waals surface area contributed by atoms with Crippen LogP contribution in [0.25, 0.3) is 0 Å². The lowest BCUT2D eigenvalue weighted by molar-refractivity contribution is 0.244. The standard InChI is InChI=1S/C19H22O/c1-13(2)19(14(3)4)15-9-5-7-11-17(15)20-18-12-8-6-10-16(18)19/h5-14H,1-4H3. The van der Waals surface area contributed by atoms with Crippen molar-refractivity contribution in [1.29, 1.82) is 0 Å². The first kappa shape index (κ1) is 13.2. The van der Waals surface area contributed by atoms with Gasteiger partial charge in [-0.1, -0.05) is 64.1 Å². The average Bonchev–Trinajstić information content (AvgIpc) is 2.43. The van der Waals surface area contributed by atoms with Gasteiger partial charge >= 0.3 is 0 Å². The van der Waals surface area contributed by atoms with E-state index in [1.165, 1.54) is 11.1 Å². The van der Waals surface area contributed by atoms with E-state index in [0.717, 1.165) is 11.5 Å². The second-order valence-electron chi connectivity index (χ2n) is 6.27. The number of benzene rings is 2. The second-order valence-corrected chi connectivity index (χ2v) is 6.27. The van der Waals surface area contributed by atoms with Crippen LogP contribution in [0, 0.1) is 11.8 Å². The van der Waals surface area contributed by atoms with Gasteiger partial charge in [0.25, 0.3) is 0 Å². The highest BCUT2D eigenvalue weighted by Gasteiger charge is 2.46. The molecule has 0 radical (unpaired) electrons. The van der Waals surface area contributed by atoms with Crippen LogP contribution in [-0.2, 0) is 5.41 Å². The smallest absolute Gasteiger partial charge is 0.131 e. The average molecular weight is 266 g/mol. The molecule has 0 N–H and O–H groups in total. The highest BCUT2D eigenvalue weighted by atomic mass is 16.5. The summed E-state index contributed by atoms with van der Waals surface area (Å²) in [6.45, 7) is 9.27.